The SMILES string of the molecule is C[C@]12CO[C@@H](O)C[C@@H]1CC[C@@H]1[C@@H]2CC[C@]2(C)C(=O)[C@@H](O)C[C@@H]12. The van der Waals surface area contributed by atoms with Crippen molar-refractivity contribution in [3.05, 3.63) is 0 Å². The Labute approximate surface area is 132 Å². The standard InChI is InChI=1S/C18H28O4/c1-17-6-5-12-11(13(17)8-14(19)16(17)21)4-3-10-7-15(20)22-9-18(10,12)2/h10-15,19-20H,3-9H2,1-2H3/t10-,11+,12-,13-,14-,15+,17-,18-/m0/s1. The van der Waals surface area contributed by atoms with Gasteiger partial charge in [0.15, 0.2) is 12.1 Å². The zero-order chi connectivity index (χ0) is 15.7. The van der Waals surface area contributed by atoms with Gasteiger partial charge in [0, 0.05) is 11.8 Å². The van der Waals surface area contributed by atoms with Crippen molar-refractivity contribution in [1.29, 1.82) is 0 Å². The van der Waals surface area contributed by atoms with Crippen molar-refractivity contribution < 1.29 is 19.7 Å². The lowest BCUT2D eigenvalue weighted by atomic mass is 9.47. The van der Waals surface area contributed by atoms with Crippen LogP contribution in [0.15, 0.2) is 0 Å². The van der Waals surface area contributed by atoms with Crippen molar-refractivity contribution >= 4 is 5.78 Å². The summed E-state index contributed by atoms with van der Waals surface area (Å²) in [4.78, 5) is 12.4. The number of carbonyl (C=O) groups excluding carboxylic acids is 1. The van der Waals surface area contributed by atoms with Crippen molar-refractivity contribution in [2.24, 2.45) is 34.5 Å². The van der Waals surface area contributed by atoms with Crippen molar-refractivity contribution in [3.8, 4) is 0 Å². The van der Waals surface area contributed by atoms with Gasteiger partial charge in [-0.3, -0.25) is 4.79 Å². The Morgan fingerprint density at radius 3 is 2.64 bits per heavy atom. The molecule has 22 heavy (non-hydrogen) atoms. The Kier molecular flexibility index (Phi) is 3.28. The number of Topliss-reactive ketones (excluding diaryl/α,β-unsaturated/α-hetero) is 1. The van der Waals surface area contributed by atoms with E-state index in [1.54, 1.807) is 0 Å². The summed E-state index contributed by atoms with van der Waals surface area (Å²) in [5.74, 6) is 2.04. The normalized spacial score (nSPS) is 57.9. The van der Waals surface area contributed by atoms with Gasteiger partial charge in [-0.1, -0.05) is 13.8 Å². The van der Waals surface area contributed by atoms with E-state index in [-0.39, 0.29) is 16.6 Å². The van der Waals surface area contributed by atoms with E-state index in [0.29, 0.717) is 36.7 Å². The number of ketones is 1. The first-order valence-corrected chi connectivity index (χ1v) is 8.88. The molecule has 0 radical (unpaired) electrons. The number of carbonyl (C=O) groups is 1. The lowest BCUT2D eigenvalue weighted by molar-refractivity contribution is -0.225. The van der Waals surface area contributed by atoms with Gasteiger partial charge in [-0.15, -0.1) is 0 Å². The van der Waals surface area contributed by atoms with Crippen LogP contribution >= 0.6 is 0 Å². The molecule has 2 N–H and O–H groups in total. The molecule has 1 heterocycles. The molecule has 124 valence electrons. The maximum absolute atomic E-state index is 12.4. The third-order valence-corrected chi connectivity index (χ3v) is 7.87. The van der Waals surface area contributed by atoms with E-state index in [9.17, 15) is 15.0 Å². The lowest BCUT2D eigenvalue weighted by Gasteiger charge is -2.59. The average Bonchev–Trinajstić information content (AvgIpc) is 2.72. The van der Waals surface area contributed by atoms with E-state index < -0.39 is 12.4 Å². The Bertz CT molecular complexity index is 491. The number of rotatable bonds is 0. The molecular weight excluding hydrogens is 280 g/mol. The highest BCUT2D eigenvalue weighted by atomic mass is 16.6. The van der Waals surface area contributed by atoms with E-state index in [4.69, 9.17) is 4.74 Å². The lowest BCUT2D eigenvalue weighted by Crippen LogP contribution is -2.56. The molecule has 0 aromatic heterocycles. The van der Waals surface area contributed by atoms with Crippen LogP contribution in [0.25, 0.3) is 0 Å². The zero-order valence-corrected chi connectivity index (χ0v) is 13.6. The molecule has 4 heteroatoms. The van der Waals surface area contributed by atoms with Gasteiger partial charge in [0.25, 0.3) is 0 Å². The summed E-state index contributed by atoms with van der Waals surface area (Å²) in [7, 11) is 0. The first-order chi connectivity index (χ1) is 10.4. The highest BCUT2D eigenvalue weighted by Crippen LogP contribution is 2.64. The first-order valence-electron chi connectivity index (χ1n) is 8.88. The second-order valence-electron chi connectivity index (χ2n) is 8.73. The van der Waals surface area contributed by atoms with Crippen LogP contribution in [0, 0.1) is 34.5 Å². The van der Waals surface area contributed by atoms with Crippen LogP contribution in [-0.4, -0.2) is 35.0 Å². The number of hydrogen-bond donors (Lipinski definition) is 2. The second kappa shape index (κ2) is 4.78. The van der Waals surface area contributed by atoms with Crippen molar-refractivity contribution in [1.82, 2.24) is 0 Å². The Balaban J connectivity index is 1.64. The van der Waals surface area contributed by atoms with Crippen LogP contribution in [0.2, 0.25) is 0 Å². The molecule has 0 amide bonds. The van der Waals surface area contributed by atoms with Crippen molar-refractivity contribution in [2.45, 2.75) is 64.8 Å². The monoisotopic (exact) mass is 308 g/mol. The maximum Gasteiger partial charge on any atom is 0.167 e. The minimum Gasteiger partial charge on any atom is -0.385 e. The van der Waals surface area contributed by atoms with E-state index in [0.717, 1.165) is 32.1 Å². The van der Waals surface area contributed by atoms with Crippen molar-refractivity contribution in [3.63, 3.8) is 0 Å². The number of aliphatic hydroxyl groups is 2. The van der Waals surface area contributed by atoms with Crippen molar-refractivity contribution in [2.75, 3.05) is 6.61 Å². The molecule has 1 aliphatic heterocycles. The minimum atomic E-state index is -0.747. The van der Waals surface area contributed by atoms with E-state index >= 15 is 0 Å². The van der Waals surface area contributed by atoms with E-state index in [2.05, 4.69) is 13.8 Å². The van der Waals surface area contributed by atoms with Crippen LogP contribution in [0.1, 0.15) is 52.4 Å². The summed E-state index contributed by atoms with van der Waals surface area (Å²) in [6, 6.07) is 0. The van der Waals surface area contributed by atoms with Gasteiger partial charge in [-0.25, -0.2) is 0 Å². The molecule has 8 atom stereocenters. The predicted molar refractivity (Wildman–Crippen MR) is 80.8 cm³/mol. The Morgan fingerprint density at radius 1 is 1.09 bits per heavy atom. The van der Waals surface area contributed by atoms with Gasteiger partial charge in [0.1, 0.15) is 6.10 Å². The molecule has 4 aliphatic rings. The summed E-state index contributed by atoms with van der Waals surface area (Å²) < 4.78 is 5.62. The molecule has 1 saturated heterocycles. The largest absolute Gasteiger partial charge is 0.385 e. The smallest absolute Gasteiger partial charge is 0.167 e. The zero-order valence-electron chi connectivity index (χ0n) is 13.6. The number of ether oxygens (including phenoxy) is 1. The molecular formula is C18H28O4. The number of hydrogen-bond acceptors (Lipinski definition) is 4. The second-order valence-corrected chi connectivity index (χ2v) is 8.73. The minimum absolute atomic E-state index is 0.0820. The van der Waals surface area contributed by atoms with Gasteiger partial charge in [-0.05, 0) is 61.2 Å². The molecule has 0 unspecified atom stereocenters. The van der Waals surface area contributed by atoms with Gasteiger partial charge >= 0.3 is 0 Å². The van der Waals surface area contributed by atoms with E-state index in [1.807, 2.05) is 0 Å². The fourth-order valence-corrected chi connectivity index (χ4v) is 6.52. The summed E-state index contributed by atoms with van der Waals surface area (Å²) in [6.45, 7) is 5.05. The average molecular weight is 308 g/mol. The molecule has 3 saturated carbocycles. The Hall–Kier alpha value is -0.450. The summed E-state index contributed by atoms with van der Waals surface area (Å²) in [6.07, 6.45) is 4.28. The molecule has 0 aromatic rings. The van der Waals surface area contributed by atoms with E-state index in [1.165, 1.54) is 0 Å². The molecule has 0 spiro atoms. The molecule has 3 aliphatic carbocycles. The fourth-order valence-electron chi connectivity index (χ4n) is 6.52. The molecule has 4 fully saturated rings. The van der Waals surface area contributed by atoms with Gasteiger partial charge in [-0.2, -0.15) is 0 Å². The van der Waals surface area contributed by atoms with Gasteiger partial charge < -0.3 is 14.9 Å². The van der Waals surface area contributed by atoms with Gasteiger partial charge in [0.2, 0.25) is 0 Å². The maximum atomic E-state index is 12.4. The molecule has 0 aromatic carbocycles. The summed E-state index contributed by atoms with van der Waals surface area (Å²) in [5.41, 5.74) is -0.182. The Morgan fingerprint density at radius 2 is 1.86 bits per heavy atom. The third kappa shape index (κ3) is 1.83. The van der Waals surface area contributed by atoms with Crippen LogP contribution < -0.4 is 0 Å². The highest BCUT2D eigenvalue weighted by molar-refractivity contribution is 5.91. The number of fused-ring (bicyclic) bond motifs is 5. The molecule has 4 nitrogen and oxygen atoms in total. The fraction of sp³-hybridized carbons (Fsp3) is 0.944. The molecule has 4 rings (SSSR count). The third-order valence-electron chi connectivity index (χ3n) is 7.87. The molecule has 0 bridgehead atoms. The van der Waals surface area contributed by atoms with Crippen LogP contribution in [0.3, 0.4) is 0 Å². The van der Waals surface area contributed by atoms with Crippen LogP contribution in [0.4, 0.5) is 0 Å². The summed E-state index contributed by atoms with van der Waals surface area (Å²) >= 11 is 0. The van der Waals surface area contributed by atoms with Gasteiger partial charge in [0.05, 0.1) is 6.61 Å². The predicted octanol–water partition coefficient (Wildman–Crippen LogP) is 2.12. The first kappa shape index (κ1) is 15.1. The summed E-state index contributed by atoms with van der Waals surface area (Å²) in [5, 5.41) is 19.9. The van der Waals surface area contributed by atoms with Crippen LogP contribution in [-0.2, 0) is 9.53 Å². The van der Waals surface area contributed by atoms with Crippen LogP contribution in [0.5, 0.6) is 0 Å². The highest BCUT2D eigenvalue weighted by Gasteiger charge is 2.62. The number of aliphatic hydroxyl groups excluding tert-OH is 2. The topological polar surface area (TPSA) is 66.8 Å². The quantitative estimate of drug-likeness (QED) is 0.719.